The number of ether oxygens (including phenoxy) is 4. The van der Waals surface area contributed by atoms with E-state index in [9.17, 15) is 19.5 Å². The second kappa shape index (κ2) is 47.2. The summed E-state index contributed by atoms with van der Waals surface area (Å²) in [7, 11) is 5.93. The summed E-state index contributed by atoms with van der Waals surface area (Å²) in [6.07, 6.45) is 62.7. The van der Waals surface area contributed by atoms with E-state index in [4.69, 9.17) is 18.9 Å². The summed E-state index contributed by atoms with van der Waals surface area (Å²) < 4.78 is 22.7. The number of nitrogens with zero attached hydrogens (tertiary/aromatic N) is 1. The van der Waals surface area contributed by atoms with Crippen LogP contribution in [0.15, 0.2) is 122 Å². The standard InChI is InChI=1S/C57H91NO8/c1-6-8-10-12-14-16-18-20-22-23-24-25-26-27-28-29-30-31-32-33-34-36-38-40-42-44-46-48-55(60)66-53(52-65-57(56(61)62)63-50-49-58(3,4)5)51-64-54(59)47-45-43-41-39-37-35-21-19-17-15-13-11-9-7-2/h8,10,13-16,19-22,24-25,27-28,30-31,33-34,38,40,53,57H,6-7,9,11-12,17-18,23,26,29,32,35-37,39,41-52H2,1-5H3/p+1/b10-8-,15-13-,16-14-,21-19-,22-20-,25-24-,28-27-,31-30-,34-33-,40-38-. The Hall–Kier alpha value is -4.31. The van der Waals surface area contributed by atoms with E-state index < -0.39 is 24.3 Å². The molecule has 0 spiro atoms. The number of hydrogen-bond acceptors (Lipinski definition) is 7. The summed E-state index contributed by atoms with van der Waals surface area (Å²) in [6, 6.07) is 0. The van der Waals surface area contributed by atoms with E-state index in [2.05, 4.69) is 135 Å². The van der Waals surface area contributed by atoms with Crippen LogP contribution in [0.5, 0.6) is 0 Å². The van der Waals surface area contributed by atoms with Crippen molar-refractivity contribution in [1.29, 1.82) is 0 Å². The fourth-order valence-corrected chi connectivity index (χ4v) is 6.04. The first-order valence-corrected chi connectivity index (χ1v) is 25.2. The molecule has 0 aromatic heterocycles. The Morgan fingerprint density at radius 1 is 0.470 bits per heavy atom. The summed E-state index contributed by atoms with van der Waals surface area (Å²) in [5.74, 6) is -2.11. The van der Waals surface area contributed by atoms with Crippen LogP contribution < -0.4 is 0 Å². The molecule has 372 valence electrons. The molecular formula is C57H92NO8+. The number of unbranched alkanes of at least 4 members (excludes halogenated alkanes) is 9. The Balaban J connectivity index is 4.48. The highest BCUT2D eigenvalue weighted by molar-refractivity contribution is 5.71. The lowest BCUT2D eigenvalue weighted by Crippen LogP contribution is -2.40. The second-order valence-electron chi connectivity index (χ2n) is 17.4. The van der Waals surface area contributed by atoms with Gasteiger partial charge in [-0.15, -0.1) is 0 Å². The molecule has 0 heterocycles. The molecule has 0 saturated heterocycles. The molecule has 0 bridgehead atoms. The number of aliphatic carboxylic acids is 1. The van der Waals surface area contributed by atoms with Gasteiger partial charge in [0.2, 0.25) is 0 Å². The van der Waals surface area contributed by atoms with Crippen molar-refractivity contribution >= 4 is 17.9 Å². The maximum atomic E-state index is 12.8. The summed E-state index contributed by atoms with van der Waals surface area (Å²) in [4.78, 5) is 37.2. The van der Waals surface area contributed by atoms with E-state index in [1.54, 1.807) is 0 Å². The average Bonchev–Trinajstić information content (AvgIpc) is 3.28. The first kappa shape index (κ1) is 61.7. The topological polar surface area (TPSA) is 108 Å². The number of carboxylic acids is 1. The molecule has 9 heteroatoms. The SMILES string of the molecule is CC/C=C\C/C=C\C/C=C\C/C=C\C/C=C\C/C=C\C/C=C\C/C=C\CCCCC(=O)OC(COC(=O)CCCCCCC/C=C\C/C=C\CCCC)COC(OCC[N+](C)(C)C)C(=O)O. The Morgan fingerprint density at radius 2 is 0.864 bits per heavy atom. The van der Waals surface area contributed by atoms with Crippen molar-refractivity contribution in [2.45, 2.75) is 174 Å². The number of rotatable bonds is 44. The van der Waals surface area contributed by atoms with Crippen molar-refractivity contribution in [3.05, 3.63) is 122 Å². The maximum Gasteiger partial charge on any atom is 0.361 e. The van der Waals surface area contributed by atoms with Gasteiger partial charge in [-0.25, -0.2) is 4.79 Å². The number of carbonyl (C=O) groups is 3. The van der Waals surface area contributed by atoms with Crippen LogP contribution in [-0.2, 0) is 33.3 Å². The van der Waals surface area contributed by atoms with Gasteiger partial charge in [0.1, 0.15) is 13.2 Å². The maximum absolute atomic E-state index is 12.8. The monoisotopic (exact) mass is 919 g/mol. The van der Waals surface area contributed by atoms with Crippen LogP contribution in [-0.4, -0.2) is 87.4 Å². The van der Waals surface area contributed by atoms with Gasteiger partial charge in [-0.05, 0) is 103 Å². The molecule has 0 saturated carbocycles. The number of likely N-dealkylation sites (N-methyl/N-ethyl adjacent to an activating group) is 1. The third-order valence-corrected chi connectivity index (χ3v) is 9.95. The number of quaternary nitrogens is 1. The average molecular weight is 919 g/mol. The molecular weight excluding hydrogens is 827 g/mol. The zero-order chi connectivity index (χ0) is 48.4. The van der Waals surface area contributed by atoms with Gasteiger partial charge in [0, 0.05) is 12.8 Å². The zero-order valence-corrected chi connectivity index (χ0v) is 42.0. The molecule has 2 atom stereocenters. The predicted octanol–water partition coefficient (Wildman–Crippen LogP) is 14.2. The predicted molar refractivity (Wildman–Crippen MR) is 276 cm³/mol. The van der Waals surface area contributed by atoms with Gasteiger partial charge in [0.05, 0.1) is 34.4 Å². The molecule has 2 unspecified atom stereocenters. The lowest BCUT2D eigenvalue weighted by molar-refractivity contribution is -0.870. The van der Waals surface area contributed by atoms with Crippen LogP contribution in [0.1, 0.15) is 162 Å². The van der Waals surface area contributed by atoms with Gasteiger partial charge in [0.15, 0.2) is 6.10 Å². The van der Waals surface area contributed by atoms with Gasteiger partial charge in [0.25, 0.3) is 6.29 Å². The van der Waals surface area contributed by atoms with Crippen molar-refractivity contribution in [3.63, 3.8) is 0 Å². The lowest BCUT2D eigenvalue weighted by atomic mass is 10.1. The van der Waals surface area contributed by atoms with Crippen molar-refractivity contribution in [2.75, 3.05) is 47.5 Å². The molecule has 1 N–H and O–H groups in total. The van der Waals surface area contributed by atoms with Crippen molar-refractivity contribution < 1.29 is 42.9 Å². The molecule has 0 fully saturated rings. The van der Waals surface area contributed by atoms with E-state index in [-0.39, 0.29) is 38.6 Å². The summed E-state index contributed by atoms with van der Waals surface area (Å²) in [6.45, 7) is 4.61. The third-order valence-electron chi connectivity index (χ3n) is 9.95. The molecule has 0 aliphatic rings. The van der Waals surface area contributed by atoms with Crippen molar-refractivity contribution in [3.8, 4) is 0 Å². The number of allylic oxidation sites excluding steroid dienone is 20. The van der Waals surface area contributed by atoms with E-state index in [0.29, 0.717) is 23.9 Å². The highest BCUT2D eigenvalue weighted by atomic mass is 16.7. The molecule has 0 aliphatic carbocycles. The zero-order valence-electron chi connectivity index (χ0n) is 42.0. The minimum atomic E-state index is -1.53. The first-order valence-electron chi connectivity index (χ1n) is 25.2. The summed E-state index contributed by atoms with van der Waals surface area (Å²) >= 11 is 0. The molecule has 0 radical (unpaired) electrons. The third kappa shape index (κ3) is 47.6. The van der Waals surface area contributed by atoms with Gasteiger partial charge in [-0.3, -0.25) is 9.59 Å². The smallest absolute Gasteiger partial charge is 0.361 e. The van der Waals surface area contributed by atoms with E-state index in [1.165, 1.54) is 12.8 Å². The van der Waals surface area contributed by atoms with E-state index in [1.807, 2.05) is 21.1 Å². The number of hydrogen-bond donors (Lipinski definition) is 1. The number of carbonyl (C=O) groups excluding carboxylic acids is 2. The highest BCUT2D eigenvalue weighted by Gasteiger charge is 2.25. The summed E-state index contributed by atoms with van der Waals surface area (Å²) in [5, 5.41) is 9.66. The normalized spacial score (nSPS) is 13.9. The van der Waals surface area contributed by atoms with Gasteiger partial charge in [-0.1, -0.05) is 167 Å². The molecule has 0 aromatic rings. The van der Waals surface area contributed by atoms with Gasteiger partial charge < -0.3 is 28.5 Å². The second-order valence-corrected chi connectivity index (χ2v) is 17.4. The van der Waals surface area contributed by atoms with Crippen LogP contribution >= 0.6 is 0 Å². The lowest BCUT2D eigenvalue weighted by Gasteiger charge is -2.25. The van der Waals surface area contributed by atoms with Crippen LogP contribution in [0.2, 0.25) is 0 Å². The largest absolute Gasteiger partial charge is 0.477 e. The Kier molecular flexibility index (Phi) is 44.1. The van der Waals surface area contributed by atoms with Crippen LogP contribution in [0.4, 0.5) is 0 Å². The molecule has 0 aliphatic heterocycles. The molecule has 9 nitrogen and oxygen atoms in total. The number of carboxylic acid groups (broad SMARTS) is 1. The molecule has 0 amide bonds. The molecule has 0 aromatic carbocycles. The Labute approximate surface area is 402 Å². The Morgan fingerprint density at radius 3 is 1.32 bits per heavy atom. The Bertz CT molecular complexity index is 1490. The fraction of sp³-hybridized carbons (Fsp3) is 0.596. The van der Waals surface area contributed by atoms with Gasteiger partial charge >= 0.3 is 17.9 Å². The van der Waals surface area contributed by atoms with Crippen LogP contribution in [0, 0.1) is 0 Å². The summed E-state index contributed by atoms with van der Waals surface area (Å²) in [5.41, 5.74) is 0. The minimum Gasteiger partial charge on any atom is -0.477 e. The number of esters is 2. The van der Waals surface area contributed by atoms with Crippen LogP contribution in [0.3, 0.4) is 0 Å². The van der Waals surface area contributed by atoms with Crippen molar-refractivity contribution in [1.82, 2.24) is 0 Å². The van der Waals surface area contributed by atoms with Crippen molar-refractivity contribution in [2.24, 2.45) is 0 Å². The molecule has 0 rings (SSSR count). The quantitative estimate of drug-likeness (QED) is 0.0212. The fourth-order valence-electron chi connectivity index (χ4n) is 6.04. The van der Waals surface area contributed by atoms with Gasteiger partial charge in [-0.2, -0.15) is 0 Å². The minimum absolute atomic E-state index is 0.169. The van der Waals surface area contributed by atoms with Crippen LogP contribution in [0.25, 0.3) is 0 Å². The van der Waals surface area contributed by atoms with E-state index in [0.717, 1.165) is 109 Å². The van der Waals surface area contributed by atoms with E-state index >= 15 is 0 Å². The first-order chi connectivity index (χ1) is 32.1. The highest BCUT2D eigenvalue weighted by Crippen LogP contribution is 2.11. The molecule has 66 heavy (non-hydrogen) atoms.